The van der Waals surface area contributed by atoms with Crippen LogP contribution in [0.3, 0.4) is 0 Å². The van der Waals surface area contributed by atoms with Gasteiger partial charge in [0.2, 0.25) is 0 Å². The van der Waals surface area contributed by atoms with E-state index in [4.69, 9.17) is 0 Å². The zero-order chi connectivity index (χ0) is 6.57. The topological polar surface area (TPSA) is 40.1 Å². The van der Waals surface area contributed by atoms with Crippen molar-refractivity contribution in [3.63, 3.8) is 0 Å². The average Bonchev–Trinajstić information content (AvgIpc) is 1.69. The predicted octanol–water partition coefficient (Wildman–Crippen LogP) is -3.05. The smallest absolute Gasteiger partial charge is 0.550 e. The Labute approximate surface area is 77.2 Å². The number of aliphatic carboxylic acids is 1. The van der Waals surface area contributed by atoms with Gasteiger partial charge in [-0.2, -0.15) is 0 Å². The minimum absolute atomic E-state index is 0. The van der Waals surface area contributed by atoms with Crippen LogP contribution in [-0.4, -0.2) is 5.97 Å². The zero-order valence-electron chi connectivity index (χ0n) is 5.89. The van der Waals surface area contributed by atoms with Crippen molar-refractivity contribution >= 4 is 5.97 Å². The molecule has 1 atom stereocenters. The van der Waals surface area contributed by atoms with E-state index in [1.807, 2.05) is 0 Å². The fourth-order valence-corrected chi connectivity index (χ4v) is 0.430. The van der Waals surface area contributed by atoms with E-state index >= 15 is 0 Å². The number of rotatable bonds is 3. The summed E-state index contributed by atoms with van der Waals surface area (Å²) in [6.07, 6.45) is 1.95. The summed E-state index contributed by atoms with van der Waals surface area (Å²) < 4.78 is 0. The number of carboxylic acids is 1. The summed E-state index contributed by atoms with van der Waals surface area (Å²) in [7, 11) is 0. The second-order valence-electron chi connectivity index (χ2n) is 1.57. The van der Waals surface area contributed by atoms with Crippen molar-refractivity contribution in [1.82, 2.24) is 0 Å². The minimum atomic E-state index is -1.04. The second-order valence-corrected chi connectivity index (χ2v) is 1.57. The third kappa shape index (κ3) is 4.70. The van der Waals surface area contributed by atoms with E-state index in [1.165, 1.54) is 6.08 Å². The van der Waals surface area contributed by atoms with Gasteiger partial charge in [-0.1, -0.05) is 13.0 Å². The van der Waals surface area contributed by atoms with Crippen LogP contribution in [0.15, 0.2) is 12.7 Å². The standard InChI is InChI=1S/C6H10O2.Na/c1-3-5(4-2)6(7)8;/h3,5H,1,4H2,2H3,(H,7,8);/q;+1/p-1. The first-order valence-corrected chi connectivity index (χ1v) is 2.55. The Morgan fingerprint density at radius 2 is 2.33 bits per heavy atom. The van der Waals surface area contributed by atoms with Gasteiger partial charge in [-0.25, -0.2) is 0 Å². The molecule has 3 heteroatoms. The molecule has 0 aliphatic carbocycles. The zero-order valence-corrected chi connectivity index (χ0v) is 7.89. The summed E-state index contributed by atoms with van der Waals surface area (Å²) in [6.45, 7) is 5.11. The van der Waals surface area contributed by atoms with Crippen LogP contribution in [0.2, 0.25) is 0 Å². The molecule has 0 amide bonds. The van der Waals surface area contributed by atoms with Crippen LogP contribution in [0.4, 0.5) is 0 Å². The molecule has 0 saturated heterocycles. The summed E-state index contributed by atoms with van der Waals surface area (Å²) in [5.41, 5.74) is 0. The number of carbonyl (C=O) groups is 1. The third-order valence-electron chi connectivity index (χ3n) is 1.03. The molecule has 0 bridgehead atoms. The van der Waals surface area contributed by atoms with Crippen molar-refractivity contribution in [3.8, 4) is 0 Å². The molecule has 0 aromatic carbocycles. The van der Waals surface area contributed by atoms with E-state index in [2.05, 4.69) is 6.58 Å². The molecule has 0 aliphatic rings. The Morgan fingerprint density at radius 1 is 1.89 bits per heavy atom. The quantitative estimate of drug-likeness (QED) is 0.305. The van der Waals surface area contributed by atoms with Crippen LogP contribution < -0.4 is 34.7 Å². The van der Waals surface area contributed by atoms with Gasteiger partial charge in [0.25, 0.3) is 0 Å². The van der Waals surface area contributed by atoms with Crippen molar-refractivity contribution < 1.29 is 39.5 Å². The van der Waals surface area contributed by atoms with E-state index < -0.39 is 11.9 Å². The number of carboxylic acid groups (broad SMARTS) is 1. The largest absolute Gasteiger partial charge is 1.00 e. The van der Waals surface area contributed by atoms with Gasteiger partial charge in [-0.05, 0) is 6.42 Å². The van der Waals surface area contributed by atoms with Crippen molar-refractivity contribution in [2.24, 2.45) is 5.92 Å². The molecule has 0 heterocycles. The van der Waals surface area contributed by atoms with Crippen molar-refractivity contribution in [2.75, 3.05) is 0 Å². The van der Waals surface area contributed by atoms with Gasteiger partial charge in [0.15, 0.2) is 0 Å². The third-order valence-corrected chi connectivity index (χ3v) is 1.03. The van der Waals surface area contributed by atoms with Gasteiger partial charge in [0, 0.05) is 11.9 Å². The number of hydrogen-bond donors (Lipinski definition) is 0. The maximum Gasteiger partial charge on any atom is 1.00 e. The summed E-state index contributed by atoms with van der Waals surface area (Å²) in [4.78, 5) is 9.98. The molecule has 9 heavy (non-hydrogen) atoms. The molecular formula is C6H9NaO2. The van der Waals surface area contributed by atoms with Crippen LogP contribution in [0.1, 0.15) is 13.3 Å². The molecule has 0 spiro atoms. The first-order chi connectivity index (χ1) is 3.72. The Bertz CT molecular complexity index is 101. The van der Waals surface area contributed by atoms with Gasteiger partial charge in [-0.3, -0.25) is 0 Å². The van der Waals surface area contributed by atoms with Gasteiger partial charge < -0.3 is 9.90 Å². The molecule has 0 saturated carbocycles. The first-order valence-electron chi connectivity index (χ1n) is 2.55. The van der Waals surface area contributed by atoms with Gasteiger partial charge in [-0.15, -0.1) is 6.58 Å². The molecule has 46 valence electrons. The summed E-state index contributed by atoms with van der Waals surface area (Å²) >= 11 is 0. The van der Waals surface area contributed by atoms with Crippen LogP contribution in [0.5, 0.6) is 0 Å². The molecule has 2 nitrogen and oxygen atoms in total. The maximum absolute atomic E-state index is 9.98. The molecule has 0 rings (SSSR count). The first kappa shape index (κ1) is 11.9. The summed E-state index contributed by atoms with van der Waals surface area (Å²) in [6, 6.07) is 0. The van der Waals surface area contributed by atoms with E-state index in [0.717, 1.165) is 0 Å². The SMILES string of the molecule is C=CC(CC)C(=O)[O-].[Na+]. The normalized spacial score (nSPS) is 11.2. The fraction of sp³-hybridized carbons (Fsp3) is 0.500. The van der Waals surface area contributed by atoms with E-state index in [9.17, 15) is 9.90 Å². The Morgan fingerprint density at radius 3 is 2.33 bits per heavy atom. The van der Waals surface area contributed by atoms with Crippen LogP contribution in [0.25, 0.3) is 0 Å². The molecule has 0 aliphatic heterocycles. The summed E-state index contributed by atoms with van der Waals surface area (Å²) in [5.74, 6) is -1.52. The Balaban J connectivity index is 0. The molecule has 0 aromatic rings. The van der Waals surface area contributed by atoms with Crippen LogP contribution in [0, 0.1) is 5.92 Å². The van der Waals surface area contributed by atoms with Crippen molar-refractivity contribution in [3.05, 3.63) is 12.7 Å². The van der Waals surface area contributed by atoms with E-state index in [-0.39, 0.29) is 29.6 Å². The molecule has 0 aromatic heterocycles. The number of carbonyl (C=O) groups excluding carboxylic acids is 1. The molecule has 1 unspecified atom stereocenters. The minimum Gasteiger partial charge on any atom is -0.550 e. The van der Waals surface area contributed by atoms with Crippen LogP contribution in [-0.2, 0) is 4.79 Å². The summed E-state index contributed by atoms with van der Waals surface area (Å²) in [5, 5.41) is 9.98. The van der Waals surface area contributed by atoms with Gasteiger partial charge in [0.1, 0.15) is 0 Å². The predicted molar refractivity (Wildman–Crippen MR) is 29.0 cm³/mol. The number of hydrogen-bond acceptors (Lipinski definition) is 2. The fourth-order valence-electron chi connectivity index (χ4n) is 0.430. The average molecular weight is 136 g/mol. The molecular weight excluding hydrogens is 127 g/mol. The molecule has 0 radical (unpaired) electrons. The Hall–Kier alpha value is 0.210. The van der Waals surface area contributed by atoms with Crippen LogP contribution >= 0.6 is 0 Å². The Kier molecular flexibility index (Phi) is 8.40. The van der Waals surface area contributed by atoms with Crippen molar-refractivity contribution in [1.29, 1.82) is 0 Å². The van der Waals surface area contributed by atoms with E-state index in [1.54, 1.807) is 6.92 Å². The van der Waals surface area contributed by atoms with Crippen molar-refractivity contribution in [2.45, 2.75) is 13.3 Å². The van der Waals surface area contributed by atoms with E-state index in [0.29, 0.717) is 6.42 Å². The molecule has 0 fully saturated rings. The molecule has 0 N–H and O–H groups in total. The van der Waals surface area contributed by atoms with Gasteiger partial charge >= 0.3 is 29.6 Å². The maximum atomic E-state index is 9.98. The second kappa shape index (κ2) is 6.33. The monoisotopic (exact) mass is 136 g/mol. The van der Waals surface area contributed by atoms with Gasteiger partial charge in [0.05, 0.1) is 0 Å².